The molecule has 0 saturated carbocycles. The summed E-state index contributed by atoms with van der Waals surface area (Å²) in [4.78, 5) is 3.97. The SMILES string of the molecule is Cl.Cl.OCC1(c2ccnc(Cl)c2)CCNCC1. The number of halogens is 3. The van der Waals surface area contributed by atoms with E-state index in [0.29, 0.717) is 5.15 Å². The van der Waals surface area contributed by atoms with Gasteiger partial charge in [0.1, 0.15) is 5.15 Å². The van der Waals surface area contributed by atoms with Crippen molar-refractivity contribution < 1.29 is 5.11 Å². The number of nitrogens with zero attached hydrogens (tertiary/aromatic N) is 1. The van der Waals surface area contributed by atoms with Gasteiger partial charge in [-0.15, -0.1) is 24.8 Å². The summed E-state index contributed by atoms with van der Waals surface area (Å²) in [6, 6.07) is 3.82. The van der Waals surface area contributed by atoms with Crippen LogP contribution in [0, 0.1) is 0 Å². The summed E-state index contributed by atoms with van der Waals surface area (Å²) >= 11 is 5.87. The van der Waals surface area contributed by atoms with Crippen LogP contribution in [0.3, 0.4) is 0 Å². The van der Waals surface area contributed by atoms with Crippen LogP contribution in [0.5, 0.6) is 0 Å². The van der Waals surface area contributed by atoms with Gasteiger partial charge in [-0.1, -0.05) is 11.6 Å². The highest BCUT2D eigenvalue weighted by atomic mass is 35.5. The fraction of sp³-hybridized carbons (Fsp3) is 0.545. The van der Waals surface area contributed by atoms with Crippen molar-refractivity contribution in [3.05, 3.63) is 29.0 Å². The van der Waals surface area contributed by atoms with E-state index in [2.05, 4.69) is 10.3 Å². The number of aliphatic hydroxyl groups is 1. The molecule has 0 radical (unpaired) electrons. The standard InChI is InChI=1S/C11H15ClN2O.2ClH/c12-10-7-9(1-4-14-10)11(8-15)2-5-13-6-3-11;;/h1,4,7,13,15H,2-3,5-6,8H2;2*1H. The highest BCUT2D eigenvalue weighted by molar-refractivity contribution is 6.29. The summed E-state index contributed by atoms with van der Waals surface area (Å²) in [5.74, 6) is 0. The van der Waals surface area contributed by atoms with E-state index in [1.165, 1.54) is 0 Å². The topological polar surface area (TPSA) is 45.2 Å². The van der Waals surface area contributed by atoms with Crippen molar-refractivity contribution in [3.8, 4) is 0 Å². The summed E-state index contributed by atoms with van der Waals surface area (Å²) in [5.41, 5.74) is 0.976. The molecule has 1 aromatic heterocycles. The van der Waals surface area contributed by atoms with Crippen LogP contribution >= 0.6 is 36.4 Å². The third-order valence-electron chi connectivity index (χ3n) is 3.20. The lowest BCUT2D eigenvalue weighted by atomic mass is 9.74. The number of aliphatic hydroxyl groups excluding tert-OH is 1. The zero-order chi connectivity index (χ0) is 10.7. The number of nitrogens with one attached hydrogen (secondary N) is 1. The van der Waals surface area contributed by atoms with Crippen molar-refractivity contribution in [1.29, 1.82) is 0 Å². The zero-order valence-electron chi connectivity index (χ0n) is 9.36. The summed E-state index contributed by atoms with van der Waals surface area (Å²) < 4.78 is 0. The number of aromatic nitrogens is 1. The van der Waals surface area contributed by atoms with Crippen LogP contribution in [0.2, 0.25) is 5.15 Å². The molecule has 2 N–H and O–H groups in total. The average molecular weight is 300 g/mol. The molecule has 0 atom stereocenters. The third-order valence-corrected chi connectivity index (χ3v) is 3.41. The molecule has 98 valence electrons. The van der Waals surface area contributed by atoms with E-state index in [1.807, 2.05) is 12.1 Å². The highest BCUT2D eigenvalue weighted by Crippen LogP contribution is 2.33. The molecular weight excluding hydrogens is 282 g/mol. The van der Waals surface area contributed by atoms with Crippen molar-refractivity contribution in [2.24, 2.45) is 0 Å². The lowest BCUT2D eigenvalue weighted by molar-refractivity contribution is 0.158. The molecule has 1 aliphatic heterocycles. The van der Waals surface area contributed by atoms with Crippen molar-refractivity contribution in [1.82, 2.24) is 10.3 Å². The molecule has 2 heterocycles. The lowest BCUT2D eigenvalue weighted by Gasteiger charge is -2.36. The molecule has 0 bridgehead atoms. The number of hydrogen-bond acceptors (Lipinski definition) is 3. The van der Waals surface area contributed by atoms with Gasteiger partial charge in [0.25, 0.3) is 0 Å². The third kappa shape index (κ3) is 3.70. The molecule has 1 fully saturated rings. The molecule has 3 nitrogen and oxygen atoms in total. The van der Waals surface area contributed by atoms with E-state index in [1.54, 1.807) is 6.20 Å². The smallest absolute Gasteiger partial charge is 0.129 e. The lowest BCUT2D eigenvalue weighted by Crippen LogP contribution is -2.42. The van der Waals surface area contributed by atoms with Gasteiger partial charge in [-0.3, -0.25) is 0 Å². The quantitative estimate of drug-likeness (QED) is 0.823. The number of piperidine rings is 1. The summed E-state index contributed by atoms with van der Waals surface area (Å²) in [6.07, 6.45) is 3.60. The van der Waals surface area contributed by atoms with Gasteiger partial charge >= 0.3 is 0 Å². The van der Waals surface area contributed by atoms with E-state index in [9.17, 15) is 5.11 Å². The molecule has 0 unspecified atom stereocenters. The Morgan fingerprint density at radius 1 is 1.35 bits per heavy atom. The first-order valence-corrected chi connectivity index (χ1v) is 5.58. The Morgan fingerprint density at radius 2 is 2.00 bits per heavy atom. The predicted molar refractivity (Wildman–Crippen MR) is 74.6 cm³/mol. The Labute approximate surface area is 119 Å². The van der Waals surface area contributed by atoms with E-state index < -0.39 is 0 Å². The second kappa shape index (κ2) is 7.39. The maximum Gasteiger partial charge on any atom is 0.129 e. The fourth-order valence-electron chi connectivity index (χ4n) is 2.18. The fourth-order valence-corrected chi connectivity index (χ4v) is 2.35. The molecule has 2 rings (SSSR count). The second-order valence-electron chi connectivity index (χ2n) is 4.06. The Morgan fingerprint density at radius 3 is 2.53 bits per heavy atom. The Hall–Kier alpha value is -0.0600. The van der Waals surface area contributed by atoms with Crippen LogP contribution in [0.15, 0.2) is 18.3 Å². The van der Waals surface area contributed by atoms with Gasteiger partial charge in [-0.25, -0.2) is 4.98 Å². The first-order chi connectivity index (χ1) is 7.27. The van der Waals surface area contributed by atoms with Gasteiger partial charge < -0.3 is 10.4 Å². The molecule has 1 aliphatic rings. The molecule has 0 aromatic carbocycles. The Kier molecular flexibility index (Phi) is 7.37. The largest absolute Gasteiger partial charge is 0.395 e. The summed E-state index contributed by atoms with van der Waals surface area (Å²) in [5, 5.41) is 13.4. The van der Waals surface area contributed by atoms with E-state index >= 15 is 0 Å². The number of hydrogen-bond donors (Lipinski definition) is 2. The van der Waals surface area contributed by atoms with Crippen LogP contribution in [-0.2, 0) is 5.41 Å². The van der Waals surface area contributed by atoms with Crippen LogP contribution in [0.4, 0.5) is 0 Å². The monoisotopic (exact) mass is 298 g/mol. The summed E-state index contributed by atoms with van der Waals surface area (Å²) in [6.45, 7) is 2.07. The number of rotatable bonds is 2. The first kappa shape index (κ1) is 16.9. The predicted octanol–water partition coefficient (Wildman–Crippen LogP) is 2.19. The van der Waals surface area contributed by atoms with Crippen LogP contribution in [-0.4, -0.2) is 29.8 Å². The van der Waals surface area contributed by atoms with Crippen molar-refractivity contribution in [2.75, 3.05) is 19.7 Å². The van der Waals surface area contributed by atoms with Gasteiger partial charge in [0.2, 0.25) is 0 Å². The molecule has 1 aromatic rings. The van der Waals surface area contributed by atoms with Crippen molar-refractivity contribution in [3.63, 3.8) is 0 Å². The minimum Gasteiger partial charge on any atom is -0.395 e. The van der Waals surface area contributed by atoms with Gasteiger partial charge in [-0.05, 0) is 43.6 Å². The van der Waals surface area contributed by atoms with Crippen LogP contribution in [0.1, 0.15) is 18.4 Å². The minimum atomic E-state index is -0.127. The summed E-state index contributed by atoms with van der Waals surface area (Å²) in [7, 11) is 0. The molecule has 1 saturated heterocycles. The maximum atomic E-state index is 9.59. The molecule has 0 spiro atoms. The second-order valence-corrected chi connectivity index (χ2v) is 4.44. The van der Waals surface area contributed by atoms with E-state index in [-0.39, 0.29) is 36.8 Å². The van der Waals surface area contributed by atoms with E-state index in [0.717, 1.165) is 31.5 Å². The zero-order valence-corrected chi connectivity index (χ0v) is 11.7. The van der Waals surface area contributed by atoms with Gasteiger partial charge in [0, 0.05) is 11.6 Å². The van der Waals surface area contributed by atoms with Crippen LogP contribution in [0.25, 0.3) is 0 Å². The first-order valence-electron chi connectivity index (χ1n) is 5.20. The average Bonchev–Trinajstić information content (AvgIpc) is 2.30. The molecule has 0 aliphatic carbocycles. The van der Waals surface area contributed by atoms with Gasteiger partial charge in [0.15, 0.2) is 0 Å². The minimum absolute atomic E-state index is 0. The maximum absolute atomic E-state index is 9.59. The van der Waals surface area contributed by atoms with Gasteiger partial charge in [-0.2, -0.15) is 0 Å². The molecular formula is C11H17Cl3N2O. The Bertz CT molecular complexity index is 343. The molecule has 6 heteroatoms. The van der Waals surface area contributed by atoms with Crippen molar-refractivity contribution >= 4 is 36.4 Å². The Balaban J connectivity index is 0.00000128. The van der Waals surface area contributed by atoms with E-state index in [4.69, 9.17) is 11.6 Å². The highest BCUT2D eigenvalue weighted by Gasteiger charge is 2.33. The normalized spacial score (nSPS) is 17.8. The molecule has 17 heavy (non-hydrogen) atoms. The van der Waals surface area contributed by atoms with Crippen LogP contribution < -0.4 is 5.32 Å². The van der Waals surface area contributed by atoms with Gasteiger partial charge in [0.05, 0.1) is 6.61 Å². The van der Waals surface area contributed by atoms with Crippen molar-refractivity contribution in [2.45, 2.75) is 18.3 Å². The number of pyridine rings is 1. The molecule has 0 amide bonds.